The molecule has 5 nitrogen and oxygen atoms in total. The zero-order chi connectivity index (χ0) is 18.6. The largest absolute Gasteiger partial charge is 0.348 e. The van der Waals surface area contributed by atoms with E-state index < -0.39 is 10.0 Å². The van der Waals surface area contributed by atoms with Gasteiger partial charge in [-0.3, -0.25) is 4.79 Å². The molecule has 6 heteroatoms. The Kier molecular flexibility index (Phi) is 5.74. The van der Waals surface area contributed by atoms with Gasteiger partial charge in [0.25, 0.3) is 5.91 Å². The highest BCUT2D eigenvalue weighted by Gasteiger charge is 2.26. The van der Waals surface area contributed by atoms with Crippen molar-refractivity contribution >= 4 is 15.9 Å². The molecule has 3 rings (SSSR count). The molecule has 1 aliphatic rings. The maximum atomic E-state index is 12.8. The van der Waals surface area contributed by atoms with Gasteiger partial charge in [0.15, 0.2) is 0 Å². The van der Waals surface area contributed by atoms with E-state index in [4.69, 9.17) is 0 Å². The Morgan fingerprint density at radius 1 is 1.04 bits per heavy atom. The third kappa shape index (κ3) is 4.14. The zero-order valence-corrected chi connectivity index (χ0v) is 15.8. The molecule has 0 saturated carbocycles. The van der Waals surface area contributed by atoms with E-state index >= 15 is 0 Å². The molecule has 0 atom stereocenters. The van der Waals surface area contributed by atoms with Gasteiger partial charge >= 0.3 is 0 Å². The fourth-order valence-electron chi connectivity index (χ4n) is 3.14. The molecule has 1 amide bonds. The molecule has 0 radical (unpaired) electrons. The maximum Gasteiger partial charge on any atom is 0.251 e. The van der Waals surface area contributed by atoms with Crippen LogP contribution in [-0.2, 0) is 16.6 Å². The number of hydrogen-bond donors (Lipinski definition) is 1. The first-order chi connectivity index (χ1) is 12.5. The average Bonchev–Trinajstić information content (AvgIpc) is 2.68. The van der Waals surface area contributed by atoms with E-state index in [0.717, 1.165) is 30.4 Å². The van der Waals surface area contributed by atoms with Crippen LogP contribution in [0.5, 0.6) is 0 Å². The number of hydrogen-bond acceptors (Lipinski definition) is 3. The van der Waals surface area contributed by atoms with Crippen LogP contribution in [0.1, 0.15) is 40.7 Å². The Labute approximate surface area is 155 Å². The van der Waals surface area contributed by atoms with E-state index in [2.05, 4.69) is 5.32 Å². The van der Waals surface area contributed by atoms with Gasteiger partial charge in [0.05, 0.1) is 4.90 Å². The predicted octanol–water partition coefficient (Wildman–Crippen LogP) is 3.10. The first kappa shape index (κ1) is 18.6. The van der Waals surface area contributed by atoms with Crippen molar-refractivity contribution in [2.75, 3.05) is 13.1 Å². The fourth-order valence-corrected chi connectivity index (χ4v) is 4.70. The third-order valence-electron chi connectivity index (χ3n) is 4.75. The van der Waals surface area contributed by atoms with Crippen LogP contribution in [0, 0.1) is 6.92 Å². The lowest BCUT2D eigenvalue weighted by Crippen LogP contribution is -2.35. The van der Waals surface area contributed by atoms with E-state index in [9.17, 15) is 13.2 Å². The van der Waals surface area contributed by atoms with Crippen molar-refractivity contribution in [2.24, 2.45) is 0 Å². The molecule has 1 aliphatic heterocycles. The summed E-state index contributed by atoms with van der Waals surface area (Å²) in [6.07, 6.45) is 2.83. The second kappa shape index (κ2) is 8.01. The Morgan fingerprint density at radius 3 is 2.50 bits per heavy atom. The molecule has 1 saturated heterocycles. The summed E-state index contributed by atoms with van der Waals surface area (Å²) in [5, 5.41) is 2.87. The molecule has 2 aromatic carbocycles. The van der Waals surface area contributed by atoms with Gasteiger partial charge in [-0.25, -0.2) is 8.42 Å². The van der Waals surface area contributed by atoms with E-state index in [1.807, 2.05) is 31.2 Å². The lowest BCUT2D eigenvalue weighted by Gasteiger charge is -2.26. The van der Waals surface area contributed by atoms with Crippen LogP contribution in [0.25, 0.3) is 0 Å². The SMILES string of the molecule is Cc1ccccc1CNC(=O)c1cccc(S(=O)(=O)N2CCCCC2)c1. The van der Waals surface area contributed by atoms with Crippen molar-refractivity contribution in [3.05, 3.63) is 65.2 Å². The van der Waals surface area contributed by atoms with Gasteiger partial charge in [0, 0.05) is 25.2 Å². The van der Waals surface area contributed by atoms with Crippen LogP contribution in [0.4, 0.5) is 0 Å². The number of aryl methyl sites for hydroxylation is 1. The van der Waals surface area contributed by atoms with Gasteiger partial charge in [-0.2, -0.15) is 4.31 Å². The monoisotopic (exact) mass is 372 g/mol. The molecule has 1 N–H and O–H groups in total. The fraction of sp³-hybridized carbons (Fsp3) is 0.350. The molecule has 138 valence electrons. The van der Waals surface area contributed by atoms with Crippen LogP contribution in [0.2, 0.25) is 0 Å². The highest BCUT2D eigenvalue weighted by Crippen LogP contribution is 2.21. The molecule has 0 spiro atoms. The molecule has 0 bridgehead atoms. The molecule has 1 fully saturated rings. The van der Waals surface area contributed by atoms with Crippen molar-refractivity contribution < 1.29 is 13.2 Å². The quantitative estimate of drug-likeness (QED) is 0.877. The summed E-state index contributed by atoms with van der Waals surface area (Å²) >= 11 is 0. The maximum absolute atomic E-state index is 12.8. The highest BCUT2D eigenvalue weighted by atomic mass is 32.2. The molecule has 0 aromatic heterocycles. The van der Waals surface area contributed by atoms with Gasteiger partial charge in [-0.05, 0) is 49.1 Å². The Balaban J connectivity index is 1.74. The number of amides is 1. The second-order valence-electron chi connectivity index (χ2n) is 6.60. The average molecular weight is 372 g/mol. The van der Waals surface area contributed by atoms with Gasteiger partial charge < -0.3 is 5.32 Å². The zero-order valence-electron chi connectivity index (χ0n) is 14.9. The van der Waals surface area contributed by atoms with Crippen LogP contribution >= 0.6 is 0 Å². The highest BCUT2D eigenvalue weighted by molar-refractivity contribution is 7.89. The normalized spacial score (nSPS) is 15.6. The number of carbonyl (C=O) groups excluding carboxylic acids is 1. The number of benzene rings is 2. The minimum absolute atomic E-state index is 0.183. The lowest BCUT2D eigenvalue weighted by molar-refractivity contribution is 0.0950. The summed E-state index contributed by atoms with van der Waals surface area (Å²) in [5.41, 5.74) is 2.50. The molecule has 1 heterocycles. The lowest BCUT2D eigenvalue weighted by atomic mass is 10.1. The van der Waals surface area contributed by atoms with E-state index in [1.165, 1.54) is 10.4 Å². The first-order valence-electron chi connectivity index (χ1n) is 8.91. The smallest absolute Gasteiger partial charge is 0.251 e. The van der Waals surface area contributed by atoms with Crippen LogP contribution < -0.4 is 5.32 Å². The first-order valence-corrected chi connectivity index (χ1v) is 10.4. The molecule has 2 aromatic rings. The van der Waals surface area contributed by atoms with Crippen molar-refractivity contribution in [1.29, 1.82) is 0 Å². The summed E-state index contributed by atoms with van der Waals surface area (Å²) in [7, 11) is -3.54. The van der Waals surface area contributed by atoms with E-state index in [-0.39, 0.29) is 10.8 Å². The van der Waals surface area contributed by atoms with Gasteiger partial charge in [0.2, 0.25) is 10.0 Å². The Morgan fingerprint density at radius 2 is 1.77 bits per heavy atom. The molecule has 26 heavy (non-hydrogen) atoms. The Hall–Kier alpha value is -2.18. The number of rotatable bonds is 5. The number of nitrogens with zero attached hydrogens (tertiary/aromatic N) is 1. The summed E-state index contributed by atoms with van der Waals surface area (Å²) in [5.74, 6) is -0.274. The number of nitrogens with one attached hydrogen (secondary N) is 1. The minimum atomic E-state index is -3.54. The number of piperidine rings is 1. The summed E-state index contributed by atoms with van der Waals surface area (Å²) in [4.78, 5) is 12.6. The topological polar surface area (TPSA) is 66.5 Å². The van der Waals surface area contributed by atoms with Crippen molar-refractivity contribution in [1.82, 2.24) is 9.62 Å². The van der Waals surface area contributed by atoms with Gasteiger partial charge in [-0.15, -0.1) is 0 Å². The molecular formula is C20H24N2O3S. The summed E-state index contributed by atoms with van der Waals surface area (Å²) in [6, 6.07) is 14.1. The van der Waals surface area contributed by atoms with Crippen molar-refractivity contribution in [2.45, 2.75) is 37.6 Å². The third-order valence-corrected chi connectivity index (χ3v) is 6.64. The van der Waals surface area contributed by atoms with Crippen LogP contribution in [0.15, 0.2) is 53.4 Å². The Bertz CT molecular complexity index is 887. The number of sulfonamides is 1. The van der Waals surface area contributed by atoms with E-state index in [0.29, 0.717) is 25.2 Å². The predicted molar refractivity (Wildman–Crippen MR) is 101 cm³/mol. The summed E-state index contributed by atoms with van der Waals surface area (Å²) in [6.45, 7) is 3.50. The van der Waals surface area contributed by atoms with Crippen LogP contribution in [0.3, 0.4) is 0 Å². The summed E-state index contributed by atoms with van der Waals surface area (Å²) < 4.78 is 27.1. The van der Waals surface area contributed by atoms with E-state index in [1.54, 1.807) is 18.2 Å². The minimum Gasteiger partial charge on any atom is -0.348 e. The van der Waals surface area contributed by atoms with Crippen molar-refractivity contribution in [3.8, 4) is 0 Å². The molecule has 0 aliphatic carbocycles. The molecule has 0 unspecified atom stereocenters. The molecular weight excluding hydrogens is 348 g/mol. The number of carbonyl (C=O) groups is 1. The second-order valence-corrected chi connectivity index (χ2v) is 8.54. The van der Waals surface area contributed by atoms with Crippen molar-refractivity contribution in [3.63, 3.8) is 0 Å². The standard InChI is InChI=1S/C20H24N2O3S/c1-16-8-3-4-9-18(16)15-21-20(23)17-10-7-11-19(14-17)26(24,25)22-12-5-2-6-13-22/h3-4,7-11,14H,2,5-6,12-13,15H2,1H3,(H,21,23). The van der Waals surface area contributed by atoms with Gasteiger partial charge in [0.1, 0.15) is 0 Å². The van der Waals surface area contributed by atoms with Crippen LogP contribution in [-0.4, -0.2) is 31.7 Å². The van der Waals surface area contributed by atoms with Gasteiger partial charge in [-0.1, -0.05) is 36.8 Å².